The van der Waals surface area contributed by atoms with Crippen LogP contribution in [0, 0.1) is 0 Å². The SMILES string of the molecule is c1ccc(-c2nc(-c3ccccc3)nc(-c3ccc4cnc(-c5ccc6c(n5)oc5ccccc56)nc4c3)n2)cc1. The van der Waals surface area contributed by atoms with Crippen LogP contribution < -0.4 is 0 Å². The molecule has 7 heteroatoms. The van der Waals surface area contributed by atoms with Crippen molar-refractivity contribution in [3.8, 4) is 45.7 Å². The number of furan rings is 1. The predicted molar refractivity (Wildman–Crippen MR) is 160 cm³/mol. The number of aromatic nitrogens is 6. The maximum atomic E-state index is 5.99. The Morgan fingerprint density at radius 2 is 1.12 bits per heavy atom. The van der Waals surface area contributed by atoms with E-state index in [2.05, 4.69) is 4.98 Å². The van der Waals surface area contributed by atoms with Crippen LogP contribution in [0.5, 0.6) is 0 Å². The Balaban J connectivity index is 1.24. The summed E-state index contributed by atoms with van der Waals surface area (Å²) in [4.78, 5) is 28.7. The van der Waals surface area contributed by atoms with Crippen LogP contribution in [-0.4, -0.2) is 29.9 Å². The fraction of sp³-hybridized carbons (Fsp3) is 0. The van der Waals surface area contributed by atoms with Crippen LogP contribution in [0.1, 0.15) is 0 Å². The molecule has 0 aliphatic rings. The lowest BCUT2D eigenvalue weighted by Crippen LogP contribution is -2.00. The van der Waals surface area contributed by atoms with Gasteiger partial charge < -0.3 is 4.42 Å². The first-order valence-electron chi connectivity index (χ1n) is 13.2. The Kier molecular flexibility index (Phi) is 5.31. The van der Waals surface area contributed by atoms with Crippen molar-refractivity contribution in [2.45, 2.75) is 0 Å². The molecule has 4 aromatic heterocycles. The molecule has 0 amide bonds. The third-order valence-electron chi connectivity index (χ3n) is 7.01. The monoisotopic (exact) mass is 528 g/mol. The van der Waals surface area contributed by atoms with E-state index in [1.807, 2.05) is 121 Å². The molecule has 0 aliphatic carbocycles. The second-order valence-corrected chi connectivity index (χ2v) is 9.65. The largest absolute Gasteiger partial charge is 0.438 e. The molecule has 0 aliphatic heterocycles. The first-order chi connectivity index (χ1) is 20.3. The highest BCUT2D eigenvalue weighted by Crippen LogP contribution is 2.30. The first kappa shape index (κ1) is 23.1. The van der Waals surface area contributed by atoms with Crippen LogP contribution in [0.4, 0.5) is 0 Å². The molecule has 0 bridgehead atoms. The molecular weight excluding hydrogens is 508 g/mol. The highest BCUT2D eigenvalue weighted by atomic mass is 16.3. The number of para-hydroxylation sites is 1. The van der Waals surface area contributed by atoms with Crippen molar-refractivity contribution in [1.29, 1.82) is 0 Å². The van der Waals surface area contributed by atoms with Crippen molar-refractivity contribution < 1.29 is 4.42 Å². The Hall–Kier alpha value is -5.82. The molecular formula is C34H20N6O. The summed E-state index contributed by atoms with van der Waals surface area (Å²) < 4.78 is 5.99. The fourth-order valence-corrected chi connectivity index (χ4v) is 4.95. The Morgan fingerprint density at radius 3 is 1.85 bits per heavy atom. The van der Waals surface area contributed by atoms with Crippen molar-refractivity contribution in [2.75, 3.05) is 0 Å². The Morgan fingerprint density at radius 1 is 0.463 bits per heavy atom. The van der Waals surface area contributed by atoms with Gasteiger partial charge >= 0.3 is 0 Å². The molecule has 0 saturated carbocycles. The van der Waals surface area contributed by atoms with E-state index < -0.39 is 0 Å². The van der Waals surface area contributed by atoms with Crippen LogP contribution in [0.2, 0.25) is 0 Å². The maximum absolute atomic E-state index is 5.99. The number of nitrogens with zero attached hydrogens (tertiary/aromatic N) is 6. The Bertz CT molecular complexity index is 2150. The van der Waals surface area contributed by atoms with E-state index in [9.17, 15) is 0 Å². The second-order valence-electron chi connectivity index (χ2n) is 9.65. The lowest BCUT2D eigenvalue weighted by molar-refractivity contribution is 0.654. The molecule has 41 heavy (non-hydrogen) atoms. The molecule has 7 nitrogen and oxygen atoms in total. The van der Waals surface area contributed by atoms with Crippen LogP contribution in [0.3, 0.4) is 0 Å². The minimum Gasteiger partial charge on any atom is -0.438 e. The normalized spacial score (nSPS) is 11.4. The molecule has 0 radical (unpaired) electrons. The zero-order valence-corrected chi connectivity index (χ0v) is 21.6. The lowest BCUT2D eigenvalue weighted by atomic mass is 10.1. The molecule has 192 valence electrons. The zero-order valence-electron chi connectivity index (χ0n) is 21.6. The summed E-state index contributed by atoms with van der Waals surface area (Å²) in [5.41, 5.74) is 5.45. The van der Waals surface area contributed by atoms with Crippen molar-refractivity contribution in [3.05, 3.63) is 121 Å². The molecule has 0 atom stereocenters. The van der Waals surface area contributed by atoms with Gasteiger partial charge in [0, 0.05) is 39.0 Å². The van der Waals surface area contributed by atoms with E-state index in [1.54, 1.807) is 0 Å². The van der Waals surface area contributed by atoms with Gasteiger partial charge in [0.2, 0.25) is 5.71 Å². The molecule has 0 fully saturated rings. The number of pyridine rings is 1. The maximum Gasteiger partial charge on any atom is 0.227 e. The molecule has 0 unspecified atom stereocenters. The first-order valence-corrected chi connectivity index (χ1v) is 13.2. The number of hydrogen-bond acceptors (Lipinski definition) is 7. The van der Waals surface area contributed by atoms with E-state index in [4.69, 9.17) is 29.3 Å². The van der Waals surface area contributed by atoms with Gasteiger partial charge in [0.1, 0.15) is 11.3 Å². The van der Waals surface area contributed by atoms with E-state index in [1.165, 1.54) is 0 Å². The summed E-state index contributed by atoms with van der Waals surface area (Å²) in [5.74, 6) is 2.31. The average Bonchev–Trinajstić information content (AvgIpc) is 3.43. The fourth-order valence-electron chi connectivity index (χ4n) is 4.95. The smallest absolute Gasteiger partial charge is 0.227 e. The van der Waals surface area contributed by atoms with Gasteiger partial charge in [-0.25, -0.2) is 29.9 Å². The summed E-state index contributed by atoms with van der Waals surface area (Å²) in [7, 11) is 0. The minimum atomic E-state index is 0.516. The summed E-state index contributed by atoms with van der Waals surface area (Å²) in [5, 5.41) is 2.90. The van der Waals surface area contributed by atoms with E-state index in [0.29, 0.717) is 34.7 Å². The van der Waals surface area contributed by atoms with Crippen molar-refractivity contribution in [3.63, 3.8) is 0 Å². The van der Waals surface area contributed by atoms with Crippen LogP contribution in [0.15, 0.2) is 126 Å². The summed E-state index contributed by atoms with van der Waals surface area (Å²) in [6, 6.07) is 37.7. The molecule has 0 N–H and O–H groups in total. The Labute approximate surface area is 234 Å². The molecule has 8 aromatic rings. The third kappa shape index (κ3) is 4.17. The molecule has 4 heterocycles. The number of rotatable bonds is 4. The van der Waals surface area contributed by atoms with Gasteiger partial charge in [-0.1, -0.05) is 91.0 Å². The molecule has 0 saturated heterocycles. The van der Waals surface area contributed by atoms with Gasteiger partial charge in [-0.3, -0.25) is 0 Å². The highest BCUT2D eigenvalue weighted by Gasteiger charge is 2.14. The second kappa shape index (κ2) is 9.43. The van der Waals surface area contributed by atoms with Gasteiger partial charge in [0.05, 0.1) is 5.52 Å². The average molecular weight is 529 g/mol. The van der Waals surface area contributed by atoms with Crippen LogP contribution in [-0.2, 0) is 0 Å². The van der Waals surface area contributed by atoms with Crippen molar-refractivity contribution in [2.24, 2.45) is 0 Å². The van der Waals surface area contributed by atoms with Gasteiger partial charge in [0.15, 0.2) is 23.3 Å². The van der Waals surface area contributed by atoms with Crippen molar-refractivity contribution in [1.82, 2.24) is 29.9 Å². The topological polar surface area (TPSA) is 90.5 Å². The van der Waals surface area contributed by atoms with Crippen LogP contribution in [0.25, 0.3) is 78.7 Å². The highest BCUT2D eigenvalue weighted by molar-refractivity contribution is 6.03. The lowest BCUT2D eigenvalue weighted by Gasteiger charge is -2.09. The van der Waals surface area contributed by atoms with E-state index >= 15 is 0 Å². The standard InChI is InChI=1S/C34H20N6O/c1-3-9-21(10-4-1)30-38-31(22-11-5-2-6-12-22)40-32(39-30)23-15-16-24-20-35-33(36-28(24)19-23)27-18-17-26-25-13-7-8-14-29(25)41-34(26)37-27/h1-20H. The molecule has 4 aromatic carbocycles. The number of hydrogen-bond donors (Lipinski definition) is 0. The quantitative estimate of drug-likeness (QED) is 0.230. The number of benzene rings is 4. The summed E-state index contributed by atoms with van der Waals surface area (Å²) in [6.07, 6.45) is 1.81. The molecule has 0 spiro atoms. The van der Waals surface area contributed by atoms with Gasteiger partial charge in [0.25, 0.3) is 0 Å². The predicted octanol–water partition coefficient (Wildman–Crippen LogP) is 7.78. The van der Waals surface area contributed by atoms with Gasteiger partial charge in [-0.15, -0.1) is 0 Å². The van der Waals surface area contributed by atoms with Crippen LogP contribution >= 0.6 is 0 Å². The summed E-state index contributed by atoms with van der Waals surface area (Å²) in [6.45, 7) is 0. The summed E-state index contributed by atoms with van der Waals surface area (Å²) >= 11 is 0. The third-order valence-corrected chi connectivity index (χ3v) is 7.01. The number of fused-ring (bicyclic) bond motifs is 4. The van der Waals surface area contributed by atoms with Gasteiger partial charge in [-0.2, -0.15) is 0 Å². The molecule has 8 rings (SSSR count). The zero-order chi connectivity index (χ0) is 27.2. The van der Waals surface area contributed by atoms with E-state index in [-0.39, 0.29) is 0 Å². The van der Waals surface area contributed by atoms with E-state index in [0.717, 1.165) is 43.9 Å². The minimum absolute atomic E-state index is 0.516. The van der Waals surface area contributed by atoms with Crippen molar-refractivity contribution >= 4 is 33.0 Å². The van der Waals surface area contributed by atoms with Gasteiger partial charge in [-0.05, 0) is 24.3 Å².